The molecule has 1 amide bonds. The predicted octanol–water partition coefficient (Wildman–Crippen LogP) is 0.979. The molecule has 0 aromatic rings. The second-order valence-electron chi connectivity index (χ2n) is 4.78. The molecule has 0 bridgehead atoms. The number of carbonyl (C=O) groups is 1. The lowest BCUT2D eigenvalue weighted by Gasteiger charge is -2.25. The van der Waals surface area contributed by atoms with Crippen LogP contribution in [0, 0.1) is 29.1 Å². The minimum atomic E-state index is -0.105. The Morgan fingerprint density at radius 3 is 2.88 bits per heavy atom. The average molecular weight is 223 g/mol. The van der Waals surface area contributed by atoms with Crippen molar-refractivity contribution in [3.05, 3.63) is 0 Å². The lowest BCUT2D eigenvalue weighted by Crippen LogP contribution is -2.38. The van der Waals surface area contributed by atoms with Crippen LogP contribution in [0.4, 0.5) is 0 Å². The van der Waals surface area contributed by atoms with Crippen LogP contribution in [-0.2, 0) is 4.79 Å². The highest BCUT2D eigenvalue weighted by molar-refractivity contribution is 5.79. The topological polar surface area (TPSA) is 70.1 Å². The zero-order chi connectivity index (χ0) is 12.1. The van der Waals surface area contributed by atoms with Crippen molar-refractivity contribution in [3.63, 3.8) is 0 Å². The first-order chi connectivity index (χ1) is 7.60. The fraction of sp³-hybridized carbons (Fsp3) is 0.833. The molecule has 2 N–H and O–H groups in total. The Morgan fingerprint density at radius 2 is 2.31 bits per heavy atom. The number of carbonyl (C=O) groups excluding carboxylic acids is 1. The third kappa shape index (κ3) is 2.96. The van der Waals surface area contributed by atoms with Gasteiger partial charge in [0.2, 0.25) is 5.91 Å². The van der Waals surface area contributed by atoms with E-state index < -0.39 is 0 Å². The van der Waals surface area contributed by atoms with Gasteiger partial charge in [0.25, 0.3) is 0 Å². The molecule has 16 heavy (non-hydrogen) atoms. The molecule has 0 aliphatic heterocycles. The van der Waals surface area contributed by atoms with Crippen LogP contribution in [0.5, 0.6) is 0 Å². The summed E-state index contributed by atoms with van der Waals surface area (Å²) in [5.74, 6) is 0.481. The van der Waals surface area contributed by atoms with Crippen LogP contribution in [-0.4, -0.2) is 30.9 Å². The van der Waals surface area contributed by atoms with E-state index in [1.165, 1.54) is 0 Å². The van der Waals surface area contributed by atoms with Crippen molar-refractivity contribution in [2.75, 3.05) is 20.1 Å². The van der Waals surface area contributed by atoms with Crippen LogP contribution < -0.4 is 5.73 Å². The maximum atomic E-state index is 12.1. The first-order valence-corrected chi connectivity index (χ1v) is 5.94. The maximum Gasteiger partial charge on any atom is 0.225 e. The number of hydrogen-bond donors (Lipinski definition) is 1. The summed E-state index contributed by atoms with van der Waals surface area (Å²) < 4.78 is 0. The van der Waals surface area contributed by atoms with E-state index in [1.54, 1.807) is 11.9 Å². The van der Waals surface area contributed by atoms with Gasteiger partial charge in [-0.05, 0) is 32.2 Å². The van der Waals surface area contributed by atoms with Crippen molar-refractivity contribution >= 4 is 5.91 Å². The zero-order valence-electron chi connectivity index (χ0n) is 10.1. The Balaban J connectivity index is 2.53. The molecular weight excluding hydrogens is 202 g/mol. The van der Waals surface area contributed by atoms with E-state index in [1.807, 2.05) is 6.92 Å². The van der Waals surface area contributed by atoms with Gasteiger partial charge in [-0.1, -0.05) is 6.42 Å². The van der Waals surface area contributed by atoms with Gasteiger partial charge in [0, 0.05) is 19.5 Å². The number of nitriles is 1. The lowest BCUT2D eigenvalue weighted by atomic mass is 9.94. The summed E-state index contributed by atoms with van der Waals surface area (Å²) in [6, 6.07) is 2.15. The molecule has 0 heterocycles. The molecule has 90 valence electrons. The zero-order valence-corrected chi connectivity index (χ0v) is 10.1. The van der Waals surface area contributed by atoms with Crippen molar-refractivity contribution < 1.29 is 4.79 Å². The van der Waals surface area contributed by atoms with Gasteiger partial charge in [-0.25, -0.2) is 0 Å². The highest BCUT2D eigenvalue weighted by Crippen LogP contribution is 2.32. The lowest BCUT2D eigenvalue weighted by molar-refractivity contribution is -0.135. The van der Waals surface area contributed by atoms with E-state index in [0.717, 1.165) is 19.3 Å². The van der Waals surface area contributed by atoms with Gasteiger partial charge in [-0.2, -0.15) is 5.26 Å². The molecule has 3 unspecified atom stereocenters. The van der Waals surface area contributed by atoms with Gasteiger partial charge in [0.15, 0.2) is 0 Å². The van der Waals surface area contributed by atoms with E-state index in [-0.39, 0.29) is 17.7 Å². The van der Waals surface area contributed by atoms with Crippen molar-refractivity contribution in [1.29, 1.82) is 5.26 Å². The minimum absolute atomic E-state index is 0.0842. The normalized spacial score (nSPS) is 26.1. The molecule has 1 fully saturated rings. The first kappa shape index (κ1) is 13.0. The van der Waals surface area contributed by atoms with Crippen LogP contribution in [0.3, 0.4) is 0 Å². The van der Waals surface area contributed by atoms with Crippen LogP contribution in [0.15, 0.2) is 0 Å². The van der Waals surface area contributed by atoms with Crippen molar-refractivity contribution in [2.24, 2.45) is 23.5 Å². The van der Waals surface area contributed by atoms with Gasteiger partial charge in [-0.3, -0.25) is 4.79 Å². The Hall–Kier alpha value is -1.08. The molecule has 4 heteroatoms. The second kappa shape index (κ2) is 5.86. The number of nitrogens with zero attached hydrogens (tertiary/aromatic N) is 2. The summed E-state index contributed by atoms with van der Waals surface area (Å²) in [6.07, 6.45) is 3.11. The number of hydrogen-bond acceptors (Lipinski definition) is 3. The van der Waals surface area contributed by atoms with Gasteiger partial charge < -0.3 is 10.6 Å². The summed E-state index contributed by atoms with van der Waals surface area (Å²) >= 11 is 0. The largest absolute Gasteiger partial charge is 0.344 e. The van der Waals surface area contributed by atoms with Gasteiger partial charge >= 0.3 is 0 Å². The van der Waals surface area contributed by atoms with Gasteiger partial charge in [0.05, 0.1) is 12.0 Å². The highest BCUT2D eigenvalue weighted by Gasteiger charge is 2.33. The molecule has 1 aliphatic carbocycles. The summed E-state index contributed by atoms with van der Waals surface area (Å²) in [5.41, 5.74) is 5.67. The van der Waals surface area contributed by atoms with Crippen LogP contribution >= 0.6 is 0 Å². The maximum absolute atomic E-state index is 12.1. The highest BCUT2D eigenvalue weighted by atomic mass is 16.2. The Morgan fingerprint density at radius 1 is 1.62 bits per heavy atom. The molecule has 0 radical (unpaired) electrons. The molecular formula is C12H21N3O. The summed E-state index contributed by atoms with van der Waals surface area (Å²) in [5, 5.41) is 8.72. The molecule has 0 saturated heterocycles. The molecule has 0 aromatic carbocycles. The van der Waals surface area contributed by atoms with Crippen molar-refractivity contribution in [3.8, 4) is 6.07 Å². The molecule has 3 atom stereocenters. The smallest absolute Gasteiger partial charge is 0.225 e. The third-order valence-electron chi connectivity index (χ3n) is 3.42. The van der Waals surface area contributed by atoms with E-state index >= 15 is 0 Å². The standard InChI is InChI=1S/C12H21N3O/c1-9(6-13)8-15(2)12(16)11-5-3-4-10(11)7-14/h9-11H,3-5,7-8,14H2,1-2H3. The average Bonchev–Trinajstić information content (AvgIpc) is 2.75. The van der Waals surface area contributed by atoms with E-state index in [2.05, 4.69) is 6.07 Å². The van der Waals surface area contributed by atoms with E-state index in [9.17, 15) is 4.79 Å². The minimum Gasteiger partial charge on any atom is -0.344 e. The number of rotatable bonds is 4. The van der Waals surface area contributed by atoms with E-state index in [0.29, 0.717) is 19.0 Å². The predicted molar refractivity (Wildman–Crippen MR) is 62.3 cm³/mol. The molecule has 0 aromatic heterocycles. The monoisotopic (exact) mass is 223 g/mol. The van der Waals surface area contributed by atoms with Gasteiger partial charge in [-0.15, -0.1) is 0 Å². The molecule has 1 rings (SSSR count). The quantitative estimate of drug-likeness (QED) is 0.772. The second-order valence-corrected chi connectivity index (χ2v) is 4.78. The first-order valence-electron chi connectivity index (χ1n) is 5.94. The number of amides is 1. The summed E-state index contributed by atoms with van der Waals surface area (Å²) in [7, 11) is 1.78. The molecule has 1 saturated carbocycles. The van der Waals surface area contributed by atoms with Crippen molar-refractivity contribution in [2.45, 2.75) is 26.2 Å². The fourth-order valence-corrected chi connectivity index (χ4v) is 2.47. The number of nitrogens with two attached hydrogens (primary N) is 1. The summed E-state index contributed by atoms with van der Waals surface area (Å²) in [6.45, 7) is 2.94. The van der Waals surface area contributed by atoms with E-state index in [4.69, 9.17) is 11.0 Å². The molecule has 0 spiro atoms. The molecule has 4 nitrogen and oxygen atoms in total. The van der Waals surface area contributed by atoms with Crippen molar-refractivity contribution in [1.82, 2.24) is 4.90 Å². The van der Waals surface area contributed by atoms with Gasteiger partial charge in [0.1, 0.15) is 0 Å². The fourth-order valence-electron chi connectivity index (χ4n) is 2.47. The SMILES string of the molecule is CC(C#N)CN(C)C(=O)C1CCCC1CN. The Kier molecular flexibility index (Phi) is 4.75. The Labute approximate surface area is 97.4 Å². The van der Waals surface area contributed by atoms with Crippen LogP contribution in [0.25, 0.3) is 0 Å². The molecule has 1 aliphatic rings. The van der Waals surface area contributed by atoms with Crippen LogP contribution in [0.1, 0.15) is 26.2 Å². The third-order valence-corrected chi connectivity index (χ3v) is 3.42. The van der Waals surface area contributed by atoms with Crippen LogP contribution in [0.2, 0.25) is 0 Å². The summed E-state index contributed by atoms with van der Waals surface area (Å²) in [4.78, 5) is 13.8. The Bertz CT molecular complexity index is 284.